The molecule has 1 aromatic heterocycles. The first-order valence-corrected chi connectivity index (χ1v) is 7.10. The topological polar surface area (TPSA) is 70.1 Å². The summed E-state index contributed by atoms with van der Waals surface area (Å²) in [7, 11) is 0. The van der Waals surface area contributed by atoms with Crippen LogP contribution in [0.1, 0.15) is 13.8 Å². The van der Waals surface area contributed by atoms with Gasteiger partial charge < -0.3 is 10.5 Å². The van der Waals surface area contributed by atoms with E-state index in [1.165, 1.54) is 4.57 Å². The first-order valence-electron chi connectivity index (χ1n) is 7.10. The van der Waals surface area contributed by atoms with Crippen LogP contribution in [0.2, 0.25) is 0 Å². The summed E-state index contributed by atoms with van der Waals surface area (Å²) in [5.74, 6) is 0.845. The smallest absolute Gasteiger partial charge is 0.267 e. The zero-order valence-corrected chi connectivity index (χ0v) is 12.5. The second-order valence-electron chi connectivity index (χ2n) is 5.29. The van der Waals surface area contributed by atoms with Crippen LogP contribution in [0.15, 0.2) is 53.3 Å². The molecule has 0 bridgehead atoms. The van der Waals surface area contributed by atoms with Crippen molar-refractivity contribution in [3.8, 4) is 11.4 Å². The van der Waals surface area contributed by atoms with Gasteiger partial charge in [0.15, 0.2) is 0 Å². The predicted octanol–water partition coefficient (Wildman–Crippen LogP) is 2.76. The minimum atomic E-state index is -0.190. The van der Waals surface area contributed by atoms with E-state index < -0.39 is 0 Å². The van der Waals surface area contributed by atoms with Gasteiger partial charge in [0.1, 0.15) is 5.75 Å². The number of nitrogens with zero attached hydrogens (tertiary/aromatic N) is 2. The molecule has 0 aliphatic carbocycles. The molecule has 0 saturated heterocycles. The zero-order valence-electron chi connectivity index (χ0n) is 12.5. The Balaban J connectivity index is 2.20. The van der Waals surface area contributed by atoms with Crippen LogP contribution in [0.3, 0.4) is 0 Å². The fourth-order valence-electron chi connectivity index (χ4n) is 2.37. The van der Waals surface area contributed by atoms with Gasteiger partial charge in [-0.25, -0.2) is 9.55 Å². The molecule has 22 heavy (non-hydrogen) atoms. The summed E-state index contributed by atoms with van der Waals surface area (Å²) >= 11 is 0. The maximum Gasteiger partial charge on any atom is 0.267 e. The van der Waals surface area contributed by atoms with Crippen molar-refractivity contribution in [2.45, 2.75) is 20.0 Å². The number of rotatable bonds is 3. The summed E-state index contributed by atoms with van der Waals surface area (Å²) < 4.78 is 7.07. The van der Waals surface area contributed by atoms with Crippen molar-refractivity contribution in [2.24, 2.45) is 0 Å². The summed E-state index contributed by atoms with van der Waals surface area (Å²) in [6, 6.07) is 14.4. The van der Waals surface area contributed by atoms with Crippen LogP contribution in [0.25, 0.3) is 16.6 Å². The number of para-hydroxylation sites is 1. The molecule has 5 nitrogen and oxygen atoms in total. The van der Waals surface area contributed by atoms with Gasteiger partial charge in [-0.3, -0.25) is 4.79 Å². The lowest BCUT2D eigenvalue weighted by atomic mass is 10.2. The van der Waals surface area contributed by atoms with Crippen molar-refractivity contribution in [1.82, 2.24) is 9.55 Å². The van der Waals surface area contributed by atoms with Crippen LogP contribution in [0.5, 0.6) is 5.75 Å². The Hall–Kier alpha value is -2.82. The molecule has 0 fully saturated rings. The molecule has 0 aliphatic rings. The number of nitrogen functional groups attached to an aromatic ring is 1. The molecule has 2 aromatic carbocycles. The van der Waals surface area contributed by atoms with E-state index >= 15 is 0 Å². The summed E-state index contributed by atoms with van der Waals surface area (Å²) in [5.41, 5.74) is 7.02. The Kier molecular flexibility index (Phi) is 3.55. The minimum absolute atomic E-state index is 0.0547. The minimum Gasteiger partial charge on any atom is -0.491 e. The maximum atomic E-state index is 12.7. The third-order valence-corrected chi connectivity index (χ3v) is 3.25. The summed E-state index contributed by atoms with van der Waals surface area (Å²) in [6.07, 6.45) is 0.0547. The molecular formula is C17H17N3O2. The van der Waals surface area contributed by atoms with E-state index in [4.69, 9.17) is 10.5 Å². The molecule has 3 aromatic rings. The molecule has 0 atom stereocenters. The average Bonchev–Trinajstić information content (AvgIpc) is 2.47. The molecule has 2 N–H and O–H groups in total. The van der Waals surface area contributed by atoms with Gasteiger partial charge in [-0.05, 0) is 38.1 Å². The Morgan fingerprint density at radius 2 is 1.91 bits per heavy atom. The maximum absolute atomic E-state index is 12.7. The van der Waals surface area contributed by atoms with Gasteiger partial charge in [0, 0.05) is 6.07 Å². The van der Waals surface area contributed by atoms with Gasteiger partial charge in [0.25, 0.3) is 5.56 Å². The number of benzene rings is 2. The second kappa shape index (κ2) is 5.52. The van der Waals surface area contributed by atoms with Crippen molar-refractivity contribution in [1.29, 1.82) is 0 Å². The highest BCUT2D eigenvalue weighted by atomic mass is 16.5. The average molecular weight is 295 g/mol. The standard InChI is InChI=1S/C17H17N3O2/c1-11(2)22-13-7-5-6-12(10-13)20-16(21)14-8-3-4-9-15(14)19-17(20)18/h3-11H,1-2H3,(H2,18,19). The largest absolute Gasteiger partial charge is 0.491 e. The highest BCUT2D eigenvalue weighted by Gasteiger charge is 2.11. The van der Waals surface area contributed by atoms with Crippen molar-refractivity contribution >= 4 is 16.9 Å². The first kappa shape index (κ1) is 14.1. The Morgan fingerprint density at radius 1 is 1.14 bits per heavy atom. The lowest BCUT2D eigenvalue weighted by molar-refractivity contribution is 0.242. The summed E-state index contributed by atoms with van der Waals surface area (Å²) in [5, 5.41) is 0.534. The first-order chi connectivity index (χ1) is 10.6. The second-order valence-corrected chi connectivity index (χ2v) is 5.29. The molecule has 0 unspecified atom stereocenters. The van der Waals surface area contributed by atoms with E-state index in [2.05, 4.69) is 4.98 Å². The third-order valence-electron chi connectivity index (χ3n) is 3.25. The van der Waals surface area contributed by atoms with Crippen LogP contribution in [0.4, 0.5) is 5.95 Å². The fraction of sp³-hybridized carbons (Fsp3) is 0.176. The Morgan fingerprint density at radius 3 is 2.68 bits per heavy atom. The van der Waals surface area contributed by atoms with Crippen molar-refractivity contribution < 1.29 is 4.74 Å². The van der Waals surface area contributed by atoms with E-state index in [-0.39, 0.29) is 17.6 Å². The molecule has 0 radical (unpaired) electrons. The highest BCUT2D eigenvalue weighted by molar-refractivity contribution is 5.79. The van der Waals surface area contributed by atoms with Crippen molar-refractivity contribution in [2.75, 3.05) is 5.73 Å². The fourth-order valence-corrected chi connectivity index (χ4v) is 2.37. The van der Waals surface area contributed by atoms with Crippen molar-refractivity contribution in [3.63, 3.8) is 0 Å². The quantitative estimate of drug-likeness (QED) is 0.806. The highest BCUT2D eigenvalue weighted by Crippen LogP contribution is 2.19. The van der Waals surface area contributed by atoms with Gasteiger partial charge in [0.2, 0.25) is 5.95 Å². The third kappa shape index (κ3) is 2.53. The number of ether oxygens (including phenoxy) is 1. The SMILES string of the molecule is CC(C)Oc1cccc(-n2c(N)nc3ccccc3c2=O)c1. The zero-order chi connectivity index (χ0) is 15.7. The van der Waals surface area contributed by atoms with E-state index in [0.717, 1.165) is 0 Å². The number of fused-ring (bicyclic) bond motifs is 1. The van der Waals surface area contributed by atoms with E-state index in [9.17, 15) is 4.79 Å². The molecule has 0 spiro atoms. The van der Waals surface area contributed by atoms with Crippen LogP contribution in [-0.2, 0) is 0 Å². The van der Waals surface area contributed by atoms with Crippen LogP contribution < -0.4 is 16.0 Å². The molecule has 5 heteroatoms. The van der Waals surface area contributed by atoms with Gasteiger partial charge in [-0.1, -0.05) is 18.2 Å². The molecule has 0 amide bonds. The van der Waals surface area contributed by atoms with Gasteiger partial charge in [-0.15, -0.1) is 0 Å². The van der Waals surface area contributed by atoms with Crippen LogP contribution in [0, 0.1) is 0 Å². The molecule has 0 aliphatic heterocycles. The summed E-state index contributed by atoms with van der Waals surface area (Å²) in [6.45, 7) is 3.90. The van der Waals surface area contributed by atoms with E-state index in [1.807, 2.05) is 38.1 Å². The van der Waals surface area contributed by atoms with Gasteiger partial charge in [0.05, 0.1) is 22.7 Å². The predicted molar refractivity (Wildman–Crippen MR) is 87.5 cm³/mol. The van der Waals surface area contributed by atoms with E-state index in [0.29, 0.717) is 22.3 Å². The normalized spacial score (nSPS) is 11.0. The molecule has 0 saturated carbocycles. The Bertz CT molecular complexity index is 884. The number of anilines is 1. The van der Waals surface area contributed by atoms with Gasteiger partial charge >= 0.3 is 0 Å². The summed E-state index contributed by atoms with van der Waals surface area (Å²) in [4.78, 5) is 17.0. The lowest BCUT2D eigenvalue weighted by Gasteiger charge is -2.13. The molecule has 1 heterocycles. The number of aromatic nitrogens is 2. The molecule has 3 rings (SSSR count). The van der Waals surface area contributed by atoms with Crippen molar-refractivity contribution in [3.05, 3.63) is 58.9 Å². The van der Waals surface area contributed by atoms with Crippen LogP contribution in [-0.4, -0.2) is 15.7 Å². The number of nitrogens with two attached hydrogens (primary N) is 1. The number of hydrogen-bond donors (Lipinski definition) is 1. The van der Waals surface area contributed by atoms with Gasteiger partial charge in [-0.2, -0.15) is 0 Å². The van der Waals surface area contributed by atoms with Crippen LogP contribution >= 0.6 is 0 Å². The van der Waals surface area contributed by atoms with E-state index in [1.54, 1.807) is 24.3 Å². The monoisotopic (exact) mass is 295 g/mol. The molecular weight excluding hydrogens is 278 g/mol. The lowest BCUT2D eigenvalue weighted by Crippen LogP contribution is -2.23. The Labute approximate surface area is 128 Å². The number of hydrogen-bond acceptors (Lipinski definition) is 4. The molecule has 112 valence electrons.